The topological polar surface area (TPSA) is 59.8 Å². The molecule has 3 N–H and O–H groups in total. The van der Waals surface area contributed by atoms with E-state index in [4.69, 9.17) is 15.2 Å². The SMILES string of the molecule is NC1CNC=C(F)C1OC1CCN(C2COC2)CC1. The normalized spacial score (nSPS) is 34.5. The van der Waals surface area contributed by atoms with Crippen LogP contribution in [0.4, 0.5) is 4.39 Å². The summed E-state index contributed by atoms with van der Waals surface area (Å²) in [7, 11) is 0. The van der Waals surface area contributed by atoms with Gasteiger partial charge < -0.3 is 20.5 Å². The van der Waals surface area contributed by atoms with Crippen LogP contribution in [0.3, 0.4) is 0 Å². The Balaban J connectivity index is 1.48. The predicted molar refractivity (Wildman–Crippen MR) is 69.2 cm³/mol. The Kier molecular flexibility index (Phi) is 4.02. The van der Waals surface area contributed by atoms with Crippen molar-refractivity contribution in [3.05, 3.63) is 12.0 Å². The van der Waals surface area contributed by atoms with Crippen molar-refractivity contribution in [2.24, 2.45) is 5.73 Å². The van der Waals surface area contributed by atoms with E-state index in [2.05, 4.69) is 10.2 Å². The van der Waals surface area contributed by atoms with Crippen LogP contribution in [0.1, 0.15) is 12.8 Å². The molecule has 3 aliphatic rings. The van der Waals surface area contributed by atoms with Crippen molar-refractivity contribution in [1.82, 2.24) is 10.2 Å². The summed E-state index contributed by atoms with van der Waals surface area (Å²) >= 11 is 0. The molecule has 0 aromatic rings. The van der Waals surface area contributed by atoms with Crippen LogP contribution in [0.2, 0.25) is 0 Å². The average molecular weight is 271 g/mol. The third kappa shape index (κ3) is 2.91. The van der Waals surface area contributed by atoms with Crippen LogP contribution in [0.25, 0.3) is 0 Å². The predicted octanol–water partition coefficient (Wildman–Crippen LogP) is -0.0238. The van der Waals surface area contributed by atoms with Gasteiger partial charge in [-0.05, 0) is 12.8 Å². The first-order valence-corrected chi connectivity index (χ1v) is 7.06. The van der Waals surface area contributed by atoms with E-state index in [1.807, 2.05) is 0 Å². The number of nitrogens with zero attached hydrogens (tertiary/aromatic N) is 1. The molecule has 5 nitrogen and oxygen atoms in total. The summed E-state index contributed by atoms with van der Waals surface area (Å²) in [5.41, 5.74) is 5.90. The highest BCUT2D eigenvalue weighted by molar-refractivity contribution is 5.08. The van der Waals surface area contributed by atoms with E-state index in [-0.39, 0.29) is 18.0 Å². The van der Waals surface area contributed by atoms with Gasteiger partial charge in [0.05, 0.1) is 31.4 Å². The van der Waals surface area contributed by atoms with Crippen molar-refractivity contribution in [2.75, 3.05) is 32.8 Å². The molecule has 19 heavy (non-hydrogen) atoms. The first-order chi connectivity index (χ1) is 9.24. The summed E-state index contributed by atoms with van der Waals surface area (Å²) in [4.78, 5) is 2.44. The van der Waals surface area contributed by atoms with Crippen molar-refractivity contribution in [1.29, 1.82) is 0 Å². The van der Waals surface area contributed by atoms with Crippen molar-refractivity contribution in [2.45, 2.75) is 37.1 Å². The Hall–Kier alpha value is -0.690. The molecule has 0 spiro atoms. The second kappa shape index (κ2) is 5.75. The fraction of sp³-hybridized carbons (Fsp3) is 0.846. The quantitative estimate of drug-likeness (QED) is 0.755. The van der Waals surface area contributed by atoms with Crippen molar-refractivity contribution >= 4 is 0 Å². The fourth-order valence-corrected chi connectivity index (χ4v) is 2.87. The van der Waals surface area contributed by atoms with Gasteiger partial charge in [0.15, 0.2) is 0 Å². The van der Waals surface area contributed by atoms with E-state index >= 15 is 0 Å². The molecule has 3 aliphatic heterocycles. The summed E-state index contributed by atoms with van der Waals surface area (Å²) in [5.74, 6) is -0.284. The Bertz CT molecular complexity index is 341. The minimum absolute atomic E-state index is 0.116. The summed E-state index contributed by atoms with van der Waals surface area (Å²) < 4.78 is 24.8. The monoisotopic (exact) mass is 271 g/mol. The van der Waals surface area contributed by atoms with Crippen LogP contribution >= 0.6 is 0 Å². The van der Waals surface area contributed by atoms with Gasteiger partial charge in [-0.15, -0.1) is 0 Å². The van der Waals surface area contributed by atoms with E-state index < -0.39 is 6.10 Å². The van der Waals surface area contributed by atoms with Gasteiger partial charge in [0.1, 0.15) is 11.9 Å². The summed E-state index contributed by atoms with van der Waals surface area (Å²) in [5, 5.41) is 2.82. The van der Waals surface area contributed by atoms with E-state index in [9.17, 15) is 4.39 Å². The molecule has 0 aliphatic carbocycles. The lowest BCUT2D eigenvalue weighted by molar-refractivity contribution is -0.0972. The molecule has 2 fully saturated rings. The lowest BCUT2D eigenvalue weighted by Gasteiger charge is -2.42. The molecule has 0 bridgehead atoms. The average Bonchev–Trinajstić information content (AvgIpc) is 2.34. The van der Waals surface area contributed by atoms with Gasteiger partial charge in [-0.3, -0.25) is 4.90 Å². The molecule has 2 saturated heterocycles. The van der Waals surface area contributed by atoms with Crippen LogP contribution in [0.5, 0.6) is 0 Å². The van der Waals surface area contributed by atoms with Gasteiger partial charge in [-0.1, -0.05) is 0 Å². The molecular weight excluding hydrogens is 249 g/mol. The first kappa shape index (κ1) is 13.3. The van der Waals surface area contributed by atoms with Gasteiger partial charge in [-0.25, -0.2) is 4.39 Å². The Morgan fingerprint density at radius 2 is 2.11 bits per heavy atom. The zero-order chi connectivity index (χ0) is 13.2. The smallest absolute Gasteiger partial charge is 0.146 e. The minimum atomic E-state index is -0.579. The maximum Gasteiger partial charge on any atom is 0.146 e. The third-order valence-corrected chi connectivity index (χ3v) is 4.21. The van der Waals surface area contributed by atoms with Crippen molar-refractivity contribution in [3.8, 4) is 0 Å². The molecule has 2 unspecified atom stereocenters. The number of hydrogen-bond donors (Lipinski definition) is 2. The lowest BCUT2D eigenvalue weighted by atomic mass is 10.0. The molecule has 3 rings (SSSR count). The van der Waals surface area contributed by atoms with Gasteiger partial charge >= 0.3 is 0 Å². The maximum atomic E-state index is 13.7. The molecule has 0 aromatic carbocycles. The van der Waals surface area contributed by atoms with E-state index in [0.717, 1.165) is 39.1 Å². The van der Waals surface area contributed by atoms with Crippen LogP contribution in [0, 0.1) is 0 Å². The van der Waals surface area contributed by atoms with E-state index in [1.54, 1.807) is 0 Å². The molecule has 6 heteroatoms. The summed E-state index contributed by atoms with van der Waals surface area (Å²) in [6.45, 7) is 4.27. The van der Waals surface area contributed by atoms with Gasteiger partial charge in [-0.2, -0.15) is 0 Å². The van der Waals surface area contributed by atoms with Crippen LogP contribution in [0.15, 0.2) is 12.0 Å². The number of rotatable bonds is 3. The van der Waals surface area contributed by atoms with E-state index in [0.29, 0.717) is 12.6 Å². The molecule has 108 valence electrons. The number of likely N-dealkylation sites (tertiary alicyclic amines) is 1. The van der Waals surface area contributed by atoms with Crippen molar-refractivity contribution < 1.29 is 13.9 Å². The second-order valence-corrected chi connectivity index (χ2v) is 5.58. The Morgan fingerprint density at radius 1 is 1.37 bits per heavy atom. The second-order valence-electron chi connectivity index (χ2n) is 5.58. The number of ether oxygens (including phenoxy) is 2. The van der Waals surface area contributed by atoms with Crippen molar-refractivity contribution in [3.63, 3.8) is 0 Å². The summed E-state index contributed by atoms with van der Waals surface area (Å²) in [6.07, 6.45) is 2.80. The highest BCUT2D eigenvalue weighted by Gasteiger charge is 2.33. The molecule has 0 aromatic heterocycles. The highest BCUT2D eigenvalue weighted by Crippen LogP contribution is 2.24. The third-order valence-electron chi connectivity index (χ3n) is 4.21. The Morgan fingerprint density at radius 3 is 2.68 bits per heavy atom. The molecule has 3 heterocycles. The highest BCUT2D eigenvalue weighted by atomic mass is 19.1. The van der Waals surface area contributed by atoms with Gasteiger partial charge in [0.2, 0.25) is 0 Å². The summed E-state index contributed by atoms with van der Waals surface area (Å²) in [6, 6.07) is 0.279. The first-order valence-electron chi connectivity index (χ1n) is 7.06. The molecule has 2 atom stereocenters. The van der Waals surface area contributed by atoms with Crippen LogP contribution in [-0.4, -0.2) is 62.0 Å². The molecule has 0 radical (unpaired) electrons. The van der Waals surface area contributed by atoms with Crippen LogP contribution in [-0.2, 0) is 9.47 Å². The number of nitrogens with one attached hydrogen (secondary N) is 1. The fourth-order valence-electron chi connectivity index (χ4n) is 2.87. The largest absolute Gasteiger partial charge is 0.387 e. The standard InChI is InChI=1S/C13H22FN3O2/c14-11-5-16-6-12(15)13(11)19-10-1-3-17(4-2-10)9-7-18-8-9/h5,9-10,12-13,16H,1-4,6-8,15H2. The number of halogens is 1. The number of nitrogens with two attached hydrogens (primary N) is 1. The maximum absolute atomic E-state index is 13.7. The molecule has 0 amide bonds. The molecule has 0 saturated carbocycles. The Labute approximate surface area is 112 Å². The number of piperidine rings is 1. The van der Waals surface area contributed by atoms with E-state index in [1.165, 1.54) is 6.20 Å². The molecular formula is C13H22FN3O2. The van der Waals surface area contributed by atoms with Crippen LogP contribution < -0.4 is 11.1 Å². The zero-order valence-corrected chi connectivity index (χ0v) is 11.1. The van der Waals surface area contributed by atoms with Gasteiger partial charge in [0.25, 0.3) is 0 Å². The van der Waals surface area contributed by atoms with Gasteiger partial charge in [0, 0.05) is 25.8 Å². The minimum Gasteiger partial charge on any atom is -0.387 e. The lowest BCUT2D eigenvalue weighted by Crippen LogP contribution is -2.54. The zero-order valence-electron chi connectivity index (χ0n) is 11.1. The number of hydrogen-bond acceptors (Lipinski definition) is 5.